The molecule has 0 saturated heterocycles. The van der Waals surface area contributed by atoms with Gasteiger partial charge >= 0.3 is 0 Å². The third-order valence-corrected chi connectivity index (χ3v) is 1.49. The van der Waals surface area contributed by atoms with Gasteiger partial charge < -0.3 is 4.98 Å². The standard InChI is InChI=1S/C6H4ClF2NO/c7-3-1-2-10-6(11)4(3)5(8)9/h1-2,5H,(H,10,11). The molecule has 5 heteroatoms. The maximum absolute atomic E-state index is 12.0. The monoisotopic (exact) mass is 179 g/mol. The SMILES string of the molecule is O=c1[nH]ccc(Cl)c1C(F)F. The van der Waals surface area contributed by atoms with E-state index in [-0.39, 0.29) is 5.02 Å². The van der Waals surface area contributed by atoms with Crippen LogP contribution >= 0.6 is 11.6 Å². The lowest BCUT2D eigenvalue weighted by atomic mass is 10.3. The number of alkyl halides is 2. The van der Waals surface area contributed by atoms with Crippen molar-refractivity contribution in [1.29, 1.82) is 0 Å². The normalized spacial score (nSPS) is 10.5. The van der Waals surface area contributed by atoms with E-state index in [1.807, 2.05) is 0 Å². The second kappa shape index (κ2) is 3.00. The molecule has 0 bridgehead atoms. The van der Waals surface area contributed by atoms with Crippen molar-refractivity contribution in [2.45, 2.75) is 6.43 Å². The molecular weight excluding hydrogens is 176 g/mol. The minimum absolute atomic E-state index is 0.205. The highest BCUT2D eigenvalue weighted by atomic mass is 35.5. The Bertz CT molecular complexity index is 310. The van der Waals surface area contributed by atoms with Crippen LogP contribution in [0, 0.1) is 0 Å². The third kappa shape index (κ3) is 1.57. The van der Waals surface area contributed by atoms with Crippen molar-refractivity contribution in [2.24, 2.45) is 0 Å². The highest BCUT2D eigenvalue weighted by Crippen LogP contribution is 2.21. The molecule has 0 amide bonds. The fraction of sp³-hybridized carbons (Fsp3) is 0.167. The summed E-state index contributed by atoms with van der Waals surface area (Å²) >= 11 is 5.32. The number of halogens is 3. The number of H-pyrrole nitrogens is 1. The van der Waals surface area contributed by atoms with Crippen LogP contribution in [0.25, 0.3) is 0 Å². The largest absolute Gasteiger partial charge is 0.329 e. The predicted octanol–water partition coefficient (Wildman–Crippen LogP) is 1.97. The van der Waals surface area contributed by atoms with Gasteiger partial charge in [0.15, 0.2) is 0 Å². The van der Waals surface area contributed by atoms with Gasteiger partial charge in [0, 0.05) is 6.20 Å². The number of hydrogen-bond acceptors (Lipinski definition) is 1. The quantitative estimate of drug-likeness (QED) is 0.703. The number of hydrogen-bond donors (Lipinski definition) is 1. The molecular formula is C6H4ClF2NO. The van der Waals surface area contributed by atoms with E-state index in [1.165, 1.54) is 12.3 Å². The molecule has 1 rings (SSSR count). The Balaban J connectivity index is 3.33. The van der Waals surface area contributed by atoms with E-state index in [2.05, 4.69) is 4.98 Å². The van der Waals surface area contributed by atoms with Gasteiger partial charge in [-0.15, -0.1) is 0 Å². The van der Waals surface area contributed by atoms with E-state index in [0.29, 0.717) is 0 Å². The Kier molecular flexibility index (Phi) is 2.24. The number of nitrogens with one attached hydrogen (secondary N) is 1. The van der Waals surface area contributed by atoms with E-state index in [4.69, 9.17) is 11.6 Å². The van der Waals surface area contributed by atoms with Crippen LogP contribution in [-0.4, -0.2) is 4.98 Å². The molecule has 0 aliphatic heterocycles. The molecule has 0 saturated carbocycles. The van der Waals surface area contributed by atoms with Crippen molar-refractivity contribution < 1.29 is 8.78 Å². The van der Waals surface area contributed by atoms with E-state index in [9.17, 15) is 13.6 Å². The number of rotatable bonds is 1. The van der Waals surface area contributed by atoms with Crippen LogP contribution in [0.1, 0.15) is 12.0 Å². The molecule has 1 N–H and O–H groups in total. The molecule has 2 nitrogen and oxygen atoms in total. The zero-order valence-corrected chi connectivity index (χ0v) is 6.03. The van der Waals surface area contributed by atoms with Crippen molar-refractivity contribution in [2.75, 3.05) is 0 Å². The number of aromatic amines is 1. The van der Waals surface area contributed by atoms with Crippen molar-refractivity contribution in [1.82, 2.24) is 4.98 Å². The summed E-state index contributed by atoms with van der Waals surface area (Å²) in [5.41, 5.74) is -1.51. The van der Waals surface area contributed by atoms with Crippen LogP contribution in [0.5, 0.6) is 0 Å². The van der Waals surface area contributed by atoms with E-state index >= 15 is 0 Å². The summed E-state index contributed by atoms with van der Waals surface area (Å²) in [4.78, 5) is 12.8. The van der Waals surface area contributed by atoms with Crippen LogP contribution < -0.4 is 5.56 Å². The Hall–Kier alpha value is -0.900. The van der Waals surface area contributed by atoms with Gasteiger partial charge in [-0.25, -0.2) is 8.78 Å². The van der Waals surface area contributed by atoms with Gasteiger partial charge in [-0.2, -0.15) is 0 Å². The summed E-state index contributed by atoms with van der Waals surface area (Å²) in [5.74, 6) is 0. The van der Waals surface area contributed by atoms with E-state index in [1.54, 1.807) is 0 Å². The Morgan fingerprint density at radius 3 is 2.55 bits per heavy atom. The van der Waals surface area contributed by atoms with Gasteiger partial charge in [0.1, 0.15) is 5.56 Å². The average Bonchev–Trinajstić information content (AvgIpc) is 1.85. The number of pyridine rings is 1. The van der Waals surface area contributed by atoms with Crippen molar-refractivity contribution in [3.63, 3.8) is 0 Å². The predicted molar refractivity (Wildman–Crippen MR) is 37.0 cm³/mol. The first-order chi connectivity index (χ1) is 5.13. The molecule has 0 aliphatic carbocycles. The van der Waals surface area contributed by atoms with Crippen molar-refractivity contribution in [3.05, 3.63) is 33.2 Å². The van der Waals surface area contributed by atoms with Gasteiger partial charge in [0.2, 0.25) is 0 Å². The third-order valence-electron chi connectivity index (χ3n) is 1.16. The van der Waals surface area contributed by atoms with Gasteiger partial charge in [-0.3, -0.25) is 4.79 Å². The molecule has 0 unspecified atom stereocenters. The summed E-state index contributed by atoms with van der Waals surface area (Å²) in [6, 6.07) is 1.21. The topological polar surface area (TPSA) is 32.9 Å². The average molecular weight is 180 g/mol. The van der Waals surface area contributed by atoms with Crippen LogP contribution in [0.3, 0.4) is 0 Å². The second-order valence-electron chi connectivity index (χ2n) is 1.87. The summed E-state index contributed by atoms with van der Waals surface area (Å²) in [6.07, 6.45) is -1.61. The Morgan fingerprint density at radius 1 is 1.55 bits per heavy atom. The molecule has 0 atom stereocenters. The van der Waals surface area contributed by atoms with Gasteiger partial charge in [0.05, 0.1) is 5.02 Å². The minimum Gasteiger partial charge on any atom is -0.329 e. The minimum atomic E-state index is -2.83. The van der Waals surface area contributed by atoms with E-state index < -0.39 is 17.5 Å². The first-order valence-corrected chi connectivity index (χ1v) is 3.16. The second-order valence-corrected chi connectivity index (χ2v) is 2.28. The molecule has 11 heavy (non-hydrogen) atoms. The van der Waals surface area contributed by atoms with E-state index in [0.717, 1.165) is 0 Å². The summed E-state index contributed by atoms with van der Waals surface area (Å²) in [7, 11) is 0. The summed E-state index contributed by atoms with van der Waals surface area (Å²) in [5, 5.41) is -0.205. The van der Waals surface area contributed by atoms with Gasteiger partial charge in [-0.05, 0) is 6.07 Å². The highest BCUT2D eigenvalue weighted by molar-refractivity contribution is 6.31. The summed E-state index contributed by atoms with van der Waals surface area (Å²) < 4.78 is 24.0. The Labute approximate surface area is 65.8 Å². The lowest BCUT2D eigenvalue weighted by Gasteiger charge is -1.98. The van der Waals surface area contributed by atoms with Crippen LogP contribution in [0.4, 0.5) is 8.78 Å². The molecule has 0 aromatic carbocycles. The molecule has 1 heterocycles. The first-order valence-electron chi connectivity index (χ1n) is 2.78. The summed E-state index contributed by atoms with van der Waals surface area (Å²) in [6.45, 7) is 0. The molecule has 60 valence electrons. The van der Waals surface area contributed by atoms with Crippen LogP contribution in [0.15, 0.2) is 17.1 Å². The maximum atomic E-state index is 12.0. The zero-order valence-electron chi connectivity index (χ0n) is 5.27. The fourth-order valence-electron chi connectivity index (χ4n) is 0.670. The number of aromatic nitrogens is 1. The van der Waals surface area contributed by atoms with Gasteiger partial charge in [0.25, 0.3) is 12.0 Å². The maximum Gasteiger partial charge on any atom is 0.270 e. The zero-order chi connectivity index (χ0) is 8.43. The molecule has 1 aromatic rings. The van der Waals surface area contributed by atoms with Crippen LogP contribution in [-0.2, 0) is 0 Å². The highest BCUT2D eigenvalue weighted by Gasteiger charge is 2.15. The van der Waals surface area contributed by atoms with Crippen molar-refractivity contribution in [3.8, 4) is 0 Å². The lowest BCUT2D eigenvalue weighted by molar-refractivity contribution is 0.149. The molecule has 0 spiro atoms. The van der Waals surface area contributed by atoms with Gasteiger partial charge in [-0.1, -0.05) is 11.6 Å². The smallest absolute Gasteiger partial charge is 0.270 e. The molecule has 0 aliphatic rings. The molecule has 0 fully saturated rings. The Morgan fingerprint density at radius 2 is 2.18 bits per heavy atom. The van der Waals surface area contributed by atoms with Crippen LogP contribution in [0.2, 0.25) is 5.02 Å². The molecule has 1 aromatic heterocycles. The van der Waals surface area contributed by atoms with Crippen molar-refractivity contribution >= 4 is 11.6 Å². The lowest BCUT2D eigenvalue weighted by Crippen LogP contribution is -2.12. The first kappa shape index (κ1) is 8.20. The fourth-order valence-corrected chi connectivity index (χ4v) is 0.901. The molecule has 0 radical (unpaired) electrons.